The van der Waals surface area contributed by atoms with E-state index in [1.54, 1.807) is 23.8 Å². The Hall–Kier alpha value is -1.62. The molecule has 0 aliphatic carbocycles. The van der Waals surface area contributed by atoms with E-state index in [4.69, 9.17) is 0 Å². The molecular formula is C12H19N3O2. The van der Waals surface area contributed by atoms with Crippen LogP contribution in [0.2, 0.25) is 0 Å². The first-order chi connectivity index (χ1) is 7.97. The number of aromatic nitrogens is 2. The Bertz CT molecular complexity index is 499. The third-order valence-corrected chi connectivity index (χ3v) is 2.62. The standard InChI is InChI=1S/C12H19N3O2/c1-5-10(2)15-11(16)6-7-14(12(15)17)9-8-13(3)4/h5-7,10H,1,8-9H2,2-4H3. The van der Waals surface area contributed by atoms with Crippen LogP contribution < -0.4 is 11.2 Å². The van der Waals surface area contributed by atoms with Crippen molar-refractivity contribution in [2.75, 3.05) is 20.6 Å². The van der Waals surface area contributed by atoms with Crippen molar-refractivity contribution >= 4 is 0 Å². The number of likely N-dealkylation sites (N-methyl/N-ethyl adjacent to an activating group) is 1. The van der Waals surface area contributed by atoms with Crippen molar-refractivity contribution in [3.8, 4) is 0 Å². The van der Waals surface area contributed by atoms with E-state index in [-0.39, 0.29) is 17.3 Å². The lowest BCUT2D eigenvalue weighted by atomic mass is 10.3. The summed E-state index contributed by atoms with van der Waals surface area (Å²) < 4.78 is 2.75. The van der Waals surface area contributed by atoms with Gasteiger partial charge in [0.25, 0.3) is 5.56 Å². The van der Waals surface area contributed by atoms with E-state index in [2.05, 4.69) is 6.58 Å². The van der Waals surface area contributed by atoms with Crippen molar-refractivity contribution < 1.29 is 0 Å². The van der Waals surface area contributed by atoms with Crippen LogP contribution in [-0.4, -0.2) is 34.7 Å². The zero-order valence-corrected chi connectivity index (χ0v) is 10.6. The molecule has 0 aliphatic rings. The number of hydrogen-bond donors (Lipinski definition) is 0. The van der Waals surface area contributed by atoms with Crippen LogP contribution in [0.5, 0.6) is 0 Å². The lowest BCUT2D eigenvalue weighted by Gasteiger charge is -2.14. The molecule has 1 heterocycles. The van der Waals surface area contributed by atoms with Crippen LogP contribution in [0.3, 0.4) is 0 Å². The number of allylic oxidation sites excluding steroid dienone is 1. The van der Waals surface area contributed by atoms with E-state index in [0.29, 0.717) is 6.54 Å². The third kappa shape index (κ3) is 3.17. The molecule has 5 heteroatoms. The molecule has 1 unspecified atom stereocenters. The summed E-state index contributed by atoms with van der Waals surface area (Å²) in [6.45, 7) is 6.69. The second kappa shape index (κ2) is 5.63. The molecular weight excluding hydrogens is 218 g/mol. The minimum atomic E-state index is -0.290. The average molecular weight is 237 g/mol. The minimum absolute atomic E-state index is 0.285. The van der Waals surface area contributed by atoms with Gasteiger partial charge < -0.3 is 4.90 Å². The van der Waals surface area contributed by atoms with Crippen LogP contribution in [0.4, 0.5) is 0 Å². The maximum Gasteiger partial charge on any atom is 0.331 e. The first-order valence-electron chi connectivity index (χ1n) is 5.56. The van der Waals surface area contributed by atoms with E-state index < -0.39 is 0 Å². The van der Waals surface area contributed by atoms with E-state index in [0.717, 1.165) is 6.54 Å². The second-order valence-corrected chi connectivity index (χ2v) is 4.28. The smallest absolute Gasteiger partial charge is 0.308 e. The van der Waals surface area contributed by atoms with Crippen LogP contribution in [0.15, 0.2) is 34.5 Å². The van der Waals surface area contributed by atoms with Gasteiger partial charge >= 0.3 is 5.69 Å². The monoisotopic (exact) mass is 237 g/mol. The maximum absolute atomic E-state index is 12.1. The summed E-state index contributed by atoms with van der Waals surface area (Å²) in [6, 6.07) is 1.12. The predicted octanol–water partition coefficient (Wildman–Crippen LogP) is 0.319. The molecule has 0 amide bonds. The lowest BCUT2D eigenvalue weighted by Crippen LogP contribution is -2.41. The fourth-order valence-electron chi connectivity index (χ4n) is 1.49. The molecule has 1 rings (SSSR count). The van der Waals surface area contributed by atoms with Crippen LogP contribution in [-0.2, 0) is 6.54 Å². The van der Waals surface area contributed by atoms with Gasteiger partial charge in [0.15, 0.2) is 0 Å². The second-order valence-electron chi connectivity index (χ2n) is 4.28. The fourth-order valence-corrected chi connectivity index (χ4v) is 1.49. The average Bonchev–Trinajstić information content (AvgIpc) is 2.27. The van der Waals surface area contributed by atoms with E-state index >= 15 is 0 Å². The van der Waals surface area contributed by atoms with Crippen molar-refractivity contribution in [3.05, 3.63) is 45.8 Å². The van der Waals surface area contributed by atoms with Gasteiger partial charge in [0.05, 0.1) is 6.04 Å². The Morgan fingerprint density at radius 2 is 2.12 bits per heavy atom. The predicted molar refractivity (Wildman–Crippen MR) is 68.4 cm³/mol. The minimum Gasteiger partial charge on any atom is -0.308 e. The van der Waals surface area contributed by atoms with Gasteiger partial charge in [-0.05, 0) is 21.0 Å². The third-order valence-electron chi connectivity index (χ3n) is 2.62. The van der Waals surface area contributed by atoms with Crippen molar-refractivity contribution in [3.63, 3.8) is 0 Å². The topological polar surface area (TPSA) is 47.2 Å². The number of hydrogen-bond acceptors (Lipinski definition) is 3. The van der Waals surface area contributed by atoms with Crippen LogP contribution >= 0.6 is 0 Å². The fraction of sp³-hybridized carbons (Fsp3) is 0.500. The quantitative estimate of drug-likeness (QED) is 0.693. The first kappa shape index (κ1) is 13.4. The van der Waals surface area contributed by atoms with Gasteiger partial charge in [-0.1, -0.05) is 6.08 Å². The summed E-state index contributed by atoms with van der Waals surface area (Å²) in [5.41, 5.74) is -0.574. The van der Waals surface area contributed by atoms with Gasteiger partial charge in [0.2, 0.25) is 0 Å². The highest BCUT2D eigenvalue weighted by Gasteiger charge is 2.09. The van der Waals surface area contributed by atoms with Crippen molar-refractivity contribution in [1.29, 1.82) is 0 Å². The number of rotatable bonds is 5. The Balaban J connectivity index is 3.15. The molecule has 0 saturated heterocycles. The lowest BCUT2D eigenvalue weighted by molar-refractivity contribution is 0.373. The van der Waals surface area contributed by atoms with Crippen molar-refractivity contribution in [2.24, 2.45) is 0 Å². The summed E-state index contributed by atoms with van der Waals surface area (Å²) in [5.74, 6) is 0. The van der Waals surface area contributed by atoms with Gasteiger partial charge in [-0.15, -0.1) is 6.58 Å². The van der Waals surface area contributed by atoms with Gasteiger partial charge in [-0.3, -0.25) is 13.9 Å². The molecule has 0 aromatic carbocycles. The molecule has 1 aromatic heterocycles. The van der Waals surface area contributed by atoms with Gasteiger partial charge in [0.1, 0.15) is 0 Å². The Kier molecular flexibility index (Phi) is 4.45. The summed E-state index contributed by atoms with van der Waals surface area (Å²) >= 11 is 0. The highest BCUT2D eigenvalue weighted by molar-refractivity contribution is 4.92. The molecule has 0 N–H and O–H groups in total. The van der Waals surface area contributed by atoms with Gasteiger partial charge in [-0.2, -0.15) is 0 Å². The van der Waals surface area contributed by atoms with Crippen LogP contribution in [0.25, 0.3) is 0 Å². The molecule has 0 bridgehead atoms. The summed E-state index contributed by atoms with van der Waals surface area (Å²) in [6.07, 6.45) is 3.12. The molecule has 94 valence electrons. The van der Waals surface area contributed by atoms with Gasteiger partial charge in [-0.25, -0.2) is 4.79 Å². The summed E-state index contributed by atoms with van der Waals surface area (Å²) in [4.78, 5) is 25.7. The number of nitrogens with zero attached hydrogens (tertiary/aromatic N) is 3. The molecule has 0 radical (unpaired) electrons. The SMILES string of the molecule is C=CC(C)n1c(=O)ccn(CCN(C)C)c1=O. The highest BCUT2D eigenvalue weighted by atomic mass is 16.2. The van der Waals surface area contributed by atoms with E-state index in [9.17, 15) is 9.59 Å². The van der Waals surface area contributed by atoms with E-state index in [1.807, 2.05) is 19.0 Å². The summed E-state index contributed by atoms with van der Waals surface area (Å²) in [5, 5.41) is 0. The van der Waals surface area contributed by atoms with E-state index in [1.165, 1.54) is 10.6 Å². The zero-order chi connectivity index (χ0) is 13.0. The first-order valence-corrected chi connectivity index (χ1v) is 5.56. The van der Waals surface area contributed by atoms with Crippen LogP contribution in [0, 0.1) is 0 Å². The van der Waals surface area contributed by atoms with Crippen LogP contribution in [0.1, 0.15) is 13.0 Å². The van der Waals surface area contributed by atoms with Gasteiger partial charge in [0, 0.05) is 25.4 Å². The maximum atomic E-state index is 12.1. The summed E-state index contributed by atoms with van der Waals surface area (Å²) in [7, 11) is 3.88. The molecule has 0 fully saturated rings. The molecule has 0 aliphatic heterocycles. The molecule has 0 spiro atoms. The van der Waals surface area contributed by atoms with Crippen molar-refractivity contribution in [1.82, 2.24) is 14.0 Å². The molecule has 5 nitrogen and oxygen atoms in total. The Morgan fingerprint density at radius 3 is 2.65 bits per heavy atom. The Morgan fingerprint density at radius 1 is 1.47 bits per heavy atom. The molecule has 0 saturated carbocycles. The highest BCUT2D eigenvalue weighted by Crippen LogP contribution is 1.97. The zero-order valence-electron chi connectivity index (χ0n) is 10.6. The normalized spacial score (nSPS) is 12.7. The molecule has 1 atom stereocenters. The molecule has 1 aromatic rings. The Labute approximate surface area is 101 Å². The largest absolute Gasteiger partial charge is 0.331 e. The van der Waals surface area contributed by atoms with Crippen molar-refractivity contribution in [2.45, 2.75) is 19.5 Å². The molecule has 17 heavy (non-hydrogen) atoms.